The second-order valence-electron chi connectivity index (χ2n) is 7.30. The summed E-state index contributed by atoms with van der Waals surface area (Å²) >= 11 is 0. The van der Waals surface area contributed by atoms with Gasteiger partial charge in [-0.05, 0) is 55.3 Å². The Morgan fingerprint density at radius 3 is 2.33 bits per heavy atom. The van der Waals surface area contributed by atoms with Gasteiger partial charge in [0.05, 0.1) is 5.69 Å². The van der Waals surface area contributed by atoms with E-state index in [1.54, 1.807) is 6.07 Å². The van der Waals surface area contributed by atoms with Crippen molar-refractivity contribution in [3.05, 3.63) is 83.4 Å². The maximum Gasteiger partial charge on any atom is 0.147 e. The maximum atomic E-state index is 14.2. The molecule has 2 heterocycles. The molecule has 0 saturated carbocycles. The maximum absolute atomic E-state index is 14.2. The van der Waals surface area contributed by atoms with Crippen molar-refractivity contribution in [1.29, 1.82) is 0 Å². The van der Waals surface area contributed by atoms with Crippen LogP contribution in [0, 0.1) is 19.7 Å². The van der Waals surface area contributed by atoms with Crippen LogP contribution in [0.15, 0.2) is 60.8 Å². The number of para-hydroxylation sites is 1. The predicted molar refractivity (Wildman–Crippen MR) is 109 cm³/mol. The van der Waals surface area contributed by atoms with Gasteiger partial charge in [0.25, 0.3) is 0 Å². The first-order valence-electron chi connectivity index (χ1n) is 9.58. The molecule has 4 rings (SSSR count). The highest BCUT2D eigenvalue weighted by molar-refractivity contribution is 5.56. The average Bonchev–Trinajstić information content (AvgIpc) is 3.13. The minimum atomic E-state index is -0.185. The topological polar surface area (TPSA) is 11.4 Å². The first kappa shape index (κ1) is 17.8. The van der Waals surface area contributed by atoms with Crippen LogP contribution in [0.4, 0.5) is 10.1 Å². The van der Waals surface area contributed by atoms with Crippen molar-refractivity contribution in [2.45, 2.75) is 20.4 Å². The lowest BCUT2D eigenvalue weighted by Crippen LogP contribution is -2.46. The SMILES string of the molecule is Cc1cccc(N2CCN(Cc3cccn3-c3ccccc3F)CC2)c1C. The number of aryl methyl sites for hydroxylation is 1. The monoisotopic (exact) mass is 363 g/mol. The third-order valence-electron chi connectivity index (χ3n) is 5.62. The highest BCUT2D eigenvalue weighted by Gasteiger charge is 2.20. The molecule has 1 aromatic heterocycles. The number of aromatic nitrogens is 1. The Morgan fingerprint density at radius 2 is 1.56 bits per heavy atom. The molecule has 1 fully saturated rings. The van der Waals surface area contributed by atoms with Crippen molar-refractivity contribution >= 4 is 5.69 Å². The van der Waals surface area contributed by atoms with Gasteiger partial charge in [-0.25, -0.2) is 4.39 Å². The Hall–Kier alpha value is -2.59. The fourth-order valence-electron chi connectivity index (χ4n) is 3.88. The van der Waals surface area contributed by atoms with Crippen LogP contribution in [0.2, 0.25) is 0 Å². The van der Waals surface area contributed by atoms with Crippen LogP contribution in [0.3, 0.4) is 0 Å². The minimum Gasteiger partial charge on any atom is -0.369 e. The van der Waals surface area contributed by atoms with Gasteiger partial charge in [-0.3, -0.25) is 4.90 Å². The summed E-state index contributed by atoms with van der Waals surface area (Å²) in [4.78, 5) is 4.93. The van der Waals surface area contributed by atoms with E-state index in [9.17, 15) is 4.39 Å². The average molecular weight is 363 g/mol. The standard InChI is InChI=1S/C23H26FN3/c1-18-7-5-11-22(19(18)2)26-15-13-25(14-16-26)17-20-8-6-12-27(20)23-10-4-3-9-21(23)24/h3-12H,13-17H2,1-2H3. The fourth-order valence-corrected chi connectivity index (χ4v) is 3.88. The van der Waals surface area contributed by atoms with Crippen molar-refractivity contribution < 1.29 is 4.39 Å². The molecule has 3 nitrogen and oxygen atoms in total. The van der Waals surface area contributed by atoms with Crippen LogP contribution >= 0.6 is 0 Å². The van der Waals surface area contributed by atoms with Gasteiger partial charge in [-0.1, -0.05) is 24.3 Å². The van der Waals surface area contributed by atoms with E-state index in [0.717, 1.165) is 38.4 Å². The summed E-state index contributed by atoms with van der Waals surface area (Å²) in [5.74, 6) is -0.185. The summed E-state index contributed by atoms with van der Waals surface area (Å²) in [5, 5.41) is 0. The highest BCUT2D eigenvalue weighted by Crippen LogP contribution is 2.24. The fraction of sp³-hybridized carbons (Fsp3) is 0.304. The zero-order valence-corrected chi connectivity index (χ0v) is 16.0. The summed E-state index contributed by atoms with van der Waals surface area (Å²) < 4.78 is 16.1. The first-order valence-corrected chi connectivity index (χ1v) is 9.58. The van der Waals surface area contributed by atoms with Gasteiger partial charge < -0.3 is 9.47 Å². The van der Waals surface area contributed by atoms with E-state index in [2.05, 4.69) is 47.9 Å². The van der Waals surface area contributed by atoms with Gasteiger partial charge in [0.2, 0.25) is 0 Å². The minimum absolute atomic E-state index is 0.185. The zero-order valence-electron chi connectivity index (χ0n) is 16.0. The predicted octanol–water partition coefficient (Wildman–Crippen LogP) is 4.56. The van der Waals surface area contributed by atoms with Crippen molar-refractivity contribution in [3.8, 4) is 5.69 Å². The summed E-state index contributed by atoms with van der Waals surface area (Å²) in [6.07, 6.45) is 1.94. The van der Waals surface area contributed by atoms with Crippen LogP contribution in [-0.4, -0.2) is 35.6 Å². The molecule has 0 spiro atoms. The third kappa shape index (κ3) is 3.62. The lowest BCUT2D eigenvalue weighted by Gasteiger charge is -2.37. The van der Waals surface area contributed by atoms with Gasteiger partial charge >= 0.3 is 0 Å². The van der Waals surface area contributed by atoms with Gasteiger partial charge in [0.15, 0.2) is 0 Å². The quantitative estimate of drug-likeness (QED) is 0.673. The summed E-state index contributed by atoms with van der Waals surface area (Å²) in [6, 6.07) is 17.6. The highest BCUT2D eigenvalue weighted by atomic mass is 19.1. The van der Waals surface area contributed by atoms with E-state index in [4.69, 9.17) is 0 Å². The smallest absolute Gasteiger partial charge is 0.147 e. The molecular weight excluding hydrogens is 337 g/mol. The number of benzene rings is 2. The van der Waals surface area contributed by atoms with Crippen molar-refractivity contribution in [1.82, 2.24) is 9.47 Å². The largest absolute Gasteiger partial charge is 0.369 e. The number of piperazine rings is 1. The van der Waals surface area contributed by atoms with E-state index < -0.39 is 0 Å². The van der Waals surface area contributed by atoms with Crippen molar-refractivity contribution in [3.63, 3.8) is 0 Å². The molecule has 3 aromatic rings. The number of hydrogen-bond donors (Lipinski definition) is 0. The van der Waals surface area contributed by atoms with E-state index in [0.29, 0.717) is 5.69 Å². The lowest BCUT2D eigenvalue weighted by molar-refractivity contribution is 0.245. The Morgan fingerprint density at radius 1 is 0.815 bits per heavy atom. The molecule has 1 saturated heterocycles. The van der Waals surface area contributed by atoms with Gasteiger partial charge in [-0.2, -0.15) is 0 Å². The molecule has 27 heavy (non-hydrogen) atoms. The normalized spacial score (nSPS) is 15.3. The van der Waals surface area contributed by atoms with Crippen molar-refractivity contribution in [2.24, 2.45) is 0 Å². The van der Waals surface area contributed by atoms with Crippen LogP contribution in [0.25, 0.3) is 5.69 Å². The van der Waals surface area contributed by atoms with Crippen LogP contribution in [-0.2, 0) is 6.54 Å². The molecule has 0 bridgehead atoms. The van der Waals surface area contributed by atoms with E-state index >= 15 is 0 Å². The molecule has 2 aromatic carbocycles. The van der Waals surface area contributed by atoms with Gasteiger partial charge in [0, 0.05) is 50.3 Å². The van der Waals surface area contributed by atoms with Crippen LogP contribution in [0.5, 0.6) is 0 Å². The number of anilines is 1. The molecule has 0 unspecified atom stereocenters. The summed E-state index contributed by atoms with van der Waals surface area (Å²) in [6.45, 7) is 9.27. The van der Waals surface area contributed by atoms with Gasteiger partial charge in [-0.15, -0.1) is 0 Å². The molecule has 0 amide bonds. The van der Waals surface area contributed by atoms with E-state index in [1.165, 1.54) is 22.9 Å². The number of nitrogens with zero attached hydrogens (tertiary/aromatic N) is 3. The molecule has 1 aliphatic heterocycles. The first-order chi connectivity index (χ1) is 13.1. The van der Waals surface area contributed by atoms with Crippen molar-refractivity contribution in [2.75, 3.05) is 31.1 Å². The van der Waals surface area contributed by atoms with Crippen LogP contribution in [0.1, 0.15) is 16.8 Å². The summed E-state index contributed by atoms with van der Waals surface area (Å²) in [7, 11) is 0. The Labute approximate surface area is 160 Å². The van der Waals surface area contributed by atoms with E-state index in [-0.39, 0.29) is 5.82 Å². The number of halogens is 1. The molecule has 0 aliphatic carbocycles. The Balaban J connectivity index is 1.44. The van der Waals surface area contributed by atoms with E-state index in [1.807, 2.05) is 29.0 Å². The Kier molecular flexibility index (Phi) is 4.99. The molecule has 0 atom stereocenters. The molecular formula is C23H26FN3. The third-order valence-corrected chi connectivity index (χ3v) is 5.62. The second kappa shape index (κ2) is 7.57. The number of rotatable bonds is 4. The molecule has 1 aliphatic rings. The molecule has 4 heteroatoms. The number of hydrogen-bond acceptors (Lipinski definition) is 2. The lowest BCUT2D eigenvalue weighted by atomic mass is 10.1. The molecule has 0 radical (unpaired) electrons. The van der Waals surface area contributed by atoms with Crippen LogP contribution < -0.4 is 4.90 Å². The molecule has 0 N–H and O–H groups in total. The second-order valence-corrected chi connectivity index (χ2v) is 7.30. The zero-order chi connectivity index (χ0) is 18.8. The van der Waals surface area contributed by atoms with Gasteiger partial charge in [0.1, 0.15) is 5.82 Å². The molecule has 140 valence electrons. The summed E-state index contributed by atoms with van der Waals surface area (Å²) in [5.41, 5.74) is 5.81. The Bertz CT molecular complexity index is 923.